The van der Waals surface area contributed by atoms with Gasteiger partial charge in [-0.25, -0.2) is 0 Å². The van der Waals surface area contributed by atoms with E-state index in [0.717, 1.165) is 32.5 Å². The first kappa shape index (κ1) is 19.9. The summed E-state index contributed by atoms with van der Waals surface area (Å²) in [7, 11) is 3.66. The van der Waals surface area contributed by atoms with E-state index in [0.29, 0.717) is 11.8 Å². The van der Waals surface area contributed by atoms with Crippen molar-refractivity contribution in [2.24, 2.45) is 11.8 Å². The van der Waals surface area contributed by atoms with Gasteiger partial charge in [-0.2, -0.15) is 0 Å². The first-order valence-electron chi connectivity index (χ1n) is 9.22. The molecule has 1 aromatic carbocycles. The molecule has 2 rings (SSSR count). The molecular formula is C20H32N2O3. The average Bonchev–Trinajstić information content (AvgIpc) is 2.98. The number of benzene rings is 1. The Morgan fingerprint density at radius 2 is 2.08 bits per heavy atom. The molecule has 1 aromatic rings. The topological polar surface area (TPSA) is 53.0 Å². The van der Waals surface area contributed by atoms with E-state index in [9.17, 15) is 9.90 Å². The van der Waals surface area contributed by atoms with E-state index in [1.165, 1.54) is 12.7 Å². The minimum absolute atomic E-state index is 0.0170. The third-order valence-corrected chi connectivity index (χ3v) is 5.38. The van der Waals surface area contributed by atoms with Crippen molar-refractivity contribution in [1.29, 1.82) is 0 Å². The highest BCUT2D eigenvalue weighted by Crippen LogP contribution is 2.32. The Morgan fingerprint density at radius 1 is 1.36 bits per heavy atom. The van der Waals surface area contributed by atoms with Crippen LogP contribution < -0.4 is 0 Å². The summed E-state index contributed by atoms with van der Waals surface area (Å²) in [6, 6.07) is 10.4. The number of rotatable bonds is 9. The standard InChI is InChI=1S/C20H32N2O3/c1-4-17-12-22(20(24)15-25-3)19(14-23)18(17)13-21(2)11-10-16-8-6-5-7-9-16/h5-9,17-19,23H,4,10-15H2,1-3H3/t17-,18-,19-/m1/s1. The molecule has 140 valence electrons. The maximum Gasteiger partial charge on any atom is 0.248 e. The molecule has 5 nitrogen and oxygen atoms in total. The van der Waals surface area contributed by atoms with Crippen molar-refractivity contribution in [3.63, 3.8) is 0 Å². The molecule has 0 saturated carbocycles. The first-order valence-corrected chi connectivity index (χ1v) is 9.22. The van der Waals surface area contributed by atoms with Gasteiger partial charge in [0.15, 0.2) is 0 Å². The number of aliphatic hydroxyl groups is 1. The molecular weight excluding hydrogens is 316 g/mol. The van der Waals surface area contributed by atoms with E-state index in [1.807, 2.05) is 11.0 Å². The lowest BCUT2D eigenvalue weighted by Crippen LogP contribution is -2.44. The lowest BCUT2D eigenvalue weighted by Gasteiger charge is -2.30. The molecule has 1 aliphatic heterocycles. The molecule has 1 fully saturated rings. The average molecular weight is 348 g/mol. The number of hydrogen-bond donors (Lipinski definition) is 1. The van der Waals surface area contributed by atoms with Gasteiger partial charge < -0.3 is 19.6 Å². The molecule has 1 heterocycles. The molecule has 3 atom stereocenters. The zero-order valence-electron chi connectivity index (χ0n) is 15.7. The predicted octanol–water partition coefficient (Wildman–Crippen LogP) is 1.65. The van der Waals surface area contributed by atoms with Crippen LogP contribution in [0.25, 0.3) is 0 Å². The number of methoxy groups -OCH3 is 1. The lowest BCUT2D eigenvalue weighted by molar-refractivity contribution is -0.137. The Labute approximate surface area is 151 Å². The third kappa shape index (κ3) is 5.27. The van der Waals surface area contributed by atoms with Crippen molar-refractivity contribution in [2.75, 3.05) is 47.0 Å². The Hall–Kier alpha value is -1.43. The van der Waals surface area contributed by atoms with E-state index in [4.69, 9.17) is 4.74 Å². The fraction of sp³-hybridized carbons (Fsp3) is 0.650. The molecule has 0 radical (unpaired) electrons. The Kier molecular flexibility index (Phi) is 7.88. The van der Waals surface area contributed by atoms with Gasteiger partial charge in [-0.1, -0.05) is 43.7 Å². The van der Waals surface area contributed by atoms with Gasteiger partial charge in [0.1, 0.15) is 6.61 Å². The van der Waals surface area contributed by atoms with Gasteiger partial charge in [0.2, 0.25) is 5.91 Å². The predicted molar refractivity (Wildman–Crippen MR) is 99.4 cm³/mol. The van der Waals surface area contributed by atoms with Crippen molar-refractivity contribution < 1.29 is 14.6 Å². The molecule has 1 amide bonds. The van der Waals surface area contributed by atoms with Gasteiger partial charge in [-0.15, -0.1) is 0 Å². The smallest absolute Gasteiger partial charge is 0.248 e. The maximum absolute atomic E-state index is 12.3. The first-order chi connectivity index (χ1) is 12.1. The van der Waals surface area contributed by atoms with Gasteiger partial charge in [-0.05, 0) is 30.9 Å². The van der Waals surface area contributed by atoms with Crippen LogP contribution in [0, 0.1) is 11.8 Å². The molecule has 0 bridgehead atoms. The summed E-state index contributed by atoms with van der Waals surface area (Å²) >= 11 is 0. The second kappa shape index (κ2) is 9.90. The van der Waals surface area contributed by atoms with Crippen molar-refractivity contribution in [2.45, 2.75) is 25.8 Å². The van der Waals surface area contributed by atoms with Crippen molar-refractivity contribution in [3.8, 4) is 0 Å². The highest BCUT2D eigenvalue weighted by Gasteiger charge is 2.42. The van der Waals surface area contributed by atoms with Gasteiger partial charge in [0.05, 0.1) is 12.6 Å². The molecule has 0 unspecified atom stereocenters. The fourth-order valence-electron chi connectivity index (χ4n) is 3.91. The molecule has 1 saturated heterocycles. The SMILES string of the molecule is CC[C@@H]1CN(C(=O)COC)[C@H](CO)[C@@H]1CN(C)CCc1ccccc1. The van der Waals surface area contributed by atoms with Crippen LogP contribution >= 0.6 is 0 Å². The molecule has 1 aliphatic rings. The third-order valence-electron chi connectivity index (χ3n) is 5.38. The van der Waals surface area contributed by atoms with E-state index in [-0.39, 0.29) is 25.2 Å². The molecule has 0 aliphatic carbocycles. The van der Waals surface area contributed by atoms with Gasteiger partial charge in [0.25, 0.3) is 0 Å². The number of nitrogens with zero attached hydrogens (tertiary/aromatic N) is 2. The zero-order valence-corrected chi connectivity index (χ0v) is 15.7. The molecule has 5 heteroatoms. The number of aliphatic hydroxyl groups excluding tert-OH is 1. The van der Waals surface area contributed by atoms with Gasteiger partial charge in [0, 0.05) is 26.7 Å². The van der Waals surface area contributed by atoms with E-state index < -0.39 is 0 Å². The highest BCUT2D eigenvalue weighted by atomic mass is 16.5. The Bertz CT molecular complexity index is 523. The minimum Gasteiger partial charge on any atom is -0.394 e. The molecule has 0 spiro atoms. The van der Waals surface area contributed by atoms with Crippen molar-refractivity contribution in [3.05, 3.63) is 35.9 Å². The highest BCUT2D eigenvalue weighted by molar-refractivity contribution is 5.78. The summed E-state index contributed by atoms with van der Waals surface area (Å²) in [5, 5.41) is 9.90. The van der Waals surface area contributed by atoms with Crippen LogP contribution in [0.3, 0.4) is 0 Å². The fourth-order valence-corrected chi connectivity index (χ4v) is 3.91. The summed E-state index contributed by atoms with van der Waals surface area (Å²) in [5.41, 5.74) is 1.34. The number of carbonyl (C=O) groups excluding carboxylic acids is 1. The summed E-state index contributed by atoms with van der Waals surface area (Å²) in [4.78, 5) is 16.4. The van der Waals surface area contributed by atoms with Crippen LogP contribution in [-0.4, -0.2) is 73.9 Å². The van der Waals surface area contributed by atoms with Crippen molar-refractivity contribution >= 4 is 5.91 Å². The second-order valence-corrected chi connectivity index (χ2v) is 7.06. The van der Waals surface area contributed by atoms with Gasteiger partial charge in [-0.3, -0.25) is 4.79 Å². The quantitative estimate of drug-likeness (QED) is 0.737. The van der Waals surface area contributed by atoms with Crippen LogP contribution in [0.4, 0.5) is 0 Å². The van der Waals surface area contributed by atoms with E-state index in [1.54, 1.807) is 0 Å². The number of likely N-dealkylation sites (tertiary alicyclic amines) is 1. The molecule has 0 aromatic heterocycles. The van der Waals surface area contributed by atoms with Crippen LogP contribution in [0.1, 0.15) is 18.9 Å². The zero-order chi connectivity index (χ0) is 18.2. The maximum atomic E-state index is 12.3. The summed E-state index contributed by atoms with van der Waals surface area (Å²) in [5.74, 6) is 0.711. The number of hydrogen-bond acceptors (Lipinski definition) is 4. The minimum atomic E-state index is -0.105. The van der Waals surface area contributed by atoms with Gasteiger partial charge >= 0.3 is 0 Å². The van der Waals surface area contributed by atoms with Crippen LogP contribution in [-0.2, 0) is 16.0 Å². The summed E-state index contributed by atoms with van der Waals surface area (Å²) in [6.07, 6.45) is 2.03. The monoisotopic (exact) mass is 348 g/mol. The summed E-state index contributed by atoms with van der Waals surface area (Å²) in [6.45, 7) is 4.86. The second-order valence-electron chi connectivity index (χ2n) is 7.06. The van der Waals surface area contributed by atoms with Crippen LogP contribution in [0.2, 0.25) is 0 Å². The van der Waals surface area contributed by atoms with Crippen LogP contribution in [0.15, 0.2) is 30.3 Å². The lowest BCUT2D eigenvalue weighted by atomic mass is 9.88. The number of amides is 1. The van der Waals surface area contributed by atoms with Crippen molar-refractivity contribution in [1.82, 2.24) is 9.80 Å². The Balaban J connectivity index is 1.96. The number of carbonyl (C=O) groups is 1. The summed E-state index contributed by atoms with van der Waals surface area (Å²) < 4.78 is 5.00. The molecule has 1 N–H and O–H groups in total. The normalized spacial score (nSPS) is 23.4. The Morgan fingerprint density at radius 3 is 2.68 bits per heavy atom. The van der Waals surface area contributed by atoms with E-state index >= 15 is 0 Å². The van der Waals surface area contributed by atoms with E-state index in [2.05, 4.69) is 43.1 Å². The molecule has 25 heavy (non-hydrogen) atoms. The number of ether oxygens (including phenoxy) is 1. The van der Waals surface area contributed by atoms with Crippen LogP contribution in [0.5, 0.6) is 0 Å². The number of likely N-dealkylation sites (N-methyl/N-ethyl adjacent to an activating group) is 1. The largest absolute Gasteiger partial charge is 0.394 e.